The average molecular weight is 261 g/mol. The van der Waals surface area contributed by atoms with Crippen molar-refractivity contribution in [2.45, 2.75) is 58.4 Å². The summed E-state index contributed by atoms with van der Waals surface area (Å²) in [7, 11) is 2.00. The molecule has 0 saturated heterocycles. The van der Waals surface area contributed by atoms with E-state index in [1.807, 2.05) is 11.7 Å². The fraction of sp³-hybridized carbons (Fsp3) is 0.688. The van der Waals surface area contributed by atoms with Gasteiger partial charge < -0.3 is 5.32 Å². The highest BCUT2D eigenvalue weighted by Crippen LogP contribution is 2.26. The number of aryl methyl sites for hydroxylation is 1. The summed E-state index contributed by atoms with van der Waals surface area (Å²) >= 11 is 0. The van der Waals surface area contributed by atoms with Gasteiger partial charge in [-0.2, -0.15) is 5.10 Å². The molecule has 0 spiro atoms. The van der Waals surface area contributed by atoms with E-state index in [2.05, 4.69) is 50.4 Å². The molecule has 1 heterocycles. The molecule has 0 aliphatic heterocycles. The van der Waals surface area contributed by atoms with Crippen molar-refractivity contribution in [3.63, 3.8) is 0 Å². The van der Waals surface area contributed by atoms with Gasteiger partial charge in [0.05, 0.1) is 5.69 Å². The molecule has 1 aromatic heterocycles. The van der Waals surface area contributed by atoms with Gasteiger partial charge in [0.25, 0.3) is 0 Å². The van der Waals surface area contributed by atoms with E-state index >= 15 is 0 Å². The summed E-state index contributed by atoms with van der Waals surface area (Å²) in [6.07, 6.45) is 8.24. The summed E-state index contributed by atoms with van der Waals surface area (Å²) in [4.78, 5) is 0. The normalized spacial score (nSPS) is 17.0. The van der Waals surface area contributed by atoms with Crippen LogP contribution in [0, 0.1) is 0 Å². The van der Waals surface area contributed by atoms with Gasteiger partial charge in [0, 0.05) is 36.8 Å². The molecule has 3 heteroatoms. The maximum absolute atomic E-state index is 4.63. The van der Waals surface area contributed by atoms with Crippen LogP contribution in [-0.2, 0) is 12.5 Å². The molecule has 3 nitrogen and oxygen atoms in total. The lowest BCUT2D eigenvalue weighted by Gasteiger charge is -2.17. The summed E-state index contributed by atoms with van der Waals surface area (Å²) in [6, 6.07) is 0.769. The number of aromatic nitrogens is 2. The van der Waals surface area contributed by atoms with Gasteiger partial charge >= 0.3 is 0 Å². The average Bonchev–Trinajstić information content (AvgIpc) is 3.06. The van der Waals surface area contributed by atoms with Crippen LogP contribution in [0.5, 0.6) is 0 Å². The van der Waals surface area contributed by atoms with Gasteiger partial charge in [-0.3, -0.25) is 4.68 Å². The third-order valence-electron chi connectivity index (χ3n) is 3.58. The maximum Gasteiger partial charge on any atom is 0.0750 e. The fourth-order valence-electron chi connectivity index (χ4n) is 2.26. The molecule has 2 rings (SSSR count). The molecule has 1 saturated carbocycles. The van der Waals surface area contributed by atoms with E-state index in [0.29, 0.717) is 0 Å². The van der Waals surface area contributed by atoms with Crippen LogP contribution in [0.3, 0.4) is 0 Å². The SMILES string of the molecule is CCC(=Cc1cn(C)nc1C(C)(C)C)CNC1CC1. The Balaban J connectivity index is 2.18. The van der Waals surface area contributed by atoms with E-state index in [1.54, 1.807) is 0 Å². The van der Waals surface area contributed by atoms with Crippen molar-refractivity contribution in [1.29, 1.82) is 0 Å². The number of nitrogens with zero attached hydrogens (tertiary/aromatic N) is 2. The van der Waals surface area contributed by atoms with Crippen LogP contribution in [-0.4, -0.2) is 22.4 Å². The van der Waals surface area contributed by atoms with Crippen molar-refractivity contribution in [3.05, 3.63) is 23.0 Å². The number of nitrogens with one attached hydrogen (secondary N) is 1. The topological polar surface area (TPSA) is 29.9 Å². The van der Waals surface area contributed by atoms with E-state index in [1.165, 1.54) is 29.7 Å². The van der Waals surface area contributed by atoms with Crippen LogP contribution >= 0.6 is 0 Å². The van der Waals surface area contributed by atoms with E-state index in [4.69, 9.17) is 0 Å². The largest absolute Gasteiger partial charge is 0.310 e. The monoisotopic (exact) mass is 261 g/mol. The first-order chi connectivity index (χ1) is 8.90. The molecule has 1 aliphatic rings. The zero-order valence-electron chi connectivity index (χ0n) is 13.0. The minimum atomic E-state index is 0.0931. The Labute approximate surface area is 117 Å². The molecule has 0 amide bonds. The molecular weight excluding hydrogens is 234 g/mol. The van der Waals surface area contributed by atoms with Crippen LogP contribution in [0.2, 0.25) is 0 Å². The lowest BCUT2D eigenvalue weighted by atomic mass is 9.89. The Morgan fingerprint density at radius 2 is 2.16 bits per heavy atom. The molecule has 0 atom stereocenters. The lowest BCUT2D eigenvalue weighted by molar-refractivity contribution is 0.552. The Kier molecular flexibility index (Phi) is 4.14. The quantitative estimate of drug-likeness (QED) is 0.881. The Morgan fingerprint density at radius 3 is 2.68 bits per heavy atom. The molecule has 0 bridgehead atoms. The second-order valence-electron chi connectivity index (χ2n) is 6.67. The number of hydrogen-bond donors (Lipinski definition) is 1. The van der Waals surface area contributed by atoms with Gasteiger partial charge in [-0.1, -0.05) is 39.3 Å². The molecular formula is C16H27N3. The highest BCUT2D eigenvalue weighted by molar-refractivity contribution is 5.56. The Morgan fingerprint density at radius 1 is 1.47 bits per heavy atom. The summed E-state index contributed by atoms with van der Waals surface area (Å²) in [5, 5.41) is 8.23. The van der Waals surface area contributed by atoms with Crippen molar-refractivity contribution >= 4 is 6.08 Å². The molecule has 19 heavy (non-hydrogen) atoms. The minimum absolute atomic E-state index is 0.0931. The first-order valence-corrected chi connectivity index (χ1v) is 7.37. The lowest BCUT2D eigenvalue weighted by Crippen LogP contribution is -2.19. The minimum Gasteiger partial charge on any atom is -0.310 e. The summed E-state index contributed by atoms with van der Waals surface area (Å²) in [5.41, 5.74) is 4.01. The molecule has 1 aromatic rings. The first-order valence-electron chi connectivity index (χ1n) is 7.37. The highest BCUT2D eigenvalue weighted by Gasteiger charge is 2.22. The molecule has 1 aliphatic carbocycles. The van der Waals surface area contributed by atoms with Gasteiger partial charge in [-0.15, -0.1) is 0 Å². The van der Waals surface area contributed by atoms with Crippen molar-refractivity contribution in [1.82, 2.24) is 15.1 Å². The summed E-state index contributed by atoms with van der Waals surface area (Å²) in [5.74, 6) is 0. The second kappa shape index (κ2) is 5.49. The molecule has 106 valence electrons. The van der Waals surface area contributed by atoms with Crippen molar-refractivity contribution in [3.8, 4) is 0 Å². The molecule has 1 fully saturated rings. The molecule has 1 N–H and O–H groups in total. The van der Waals surface area contributed by atoms with Gasteiger partial charge in [-0.25, -0.2) is 0 Å². The third kappa shape index (κ3) is 3.93. The third-order valence-corrected chi connectivity index (χ3v) is 3.58. The molecule has 0 aromatic carbocycles. The van der Waals surface area contributed by atoms with E-state index in [9.17, 15) is 0 Å². The number of hydrogen-bond acceptors (Lipinski definition) is 2. The standard InChI is InChI=1S/C16H27N3/c1-6-12(10-17-14-7-8-14)9-13-11-19(5)18-15(13)16(2,3)4/h9,11,14,17H,6-8,10H2,1-5H3. The van der Waals surface area contributed by atoms with E-state index < -0.39 is 0 Å². The van der Waals surface area contributed by atoms with E-state index in [-0.39, 0.29) is 5.41 Å². The zero-order chi connectivity index (χ0) is 14.0. The van der Waals surface area contributed by atoms with Gasteiger partial charge in [-0.05, 0) is 19.3 Å². The summed E-state index contributed by atoms with van der Waals surface area (Å²) < 4.78 is 1.92. The van der Waals surface area contributed by atoms with E-state index in [0.717, 1.165) is 19.0 Å². The molecule has 0 unspecified atom stereocenters. The maximum atomic E-state index is 4.63. The van der Waals surface area contributed by atoms with Crippen LogP contribution in [0.1, 0.15) is 58.2 Å². The van der Waals surface area contributed by atoms with Crippen molar-refractivity contribution in [2.24, 2.45) is 7.05 Å². The smallest absolute Gasteiger partial charge is 0.0750 e. The number of rotatable bonds is 5. The fourth-order valence-corrected chi connectivity index (χ4v) is 2.26. The first kappa shape index (κ1) is 14.3. The van der Waals surface area contributed by atoms with Crippen LogP contribution in [0.25, 0.3) is 6.08 Å². The predicted octanol–water partition coefficient (Wildman–Crippen LogP) is 3.26. The van der Waals surface area contributed by atoms with Crippen molar-refractivity contribution in [2.75, 3.05) is 6.54 Å². The Hall–Kier alpha value is -1.09. The predicted molar refractivity (Wildman–Crippen MR) is 81.2 cm³/mol. The zero-order valence-corrected chi connectivity index (χ0v) is 13.0. The van der Waals surface area contributed by atoms with Gasteiger partial charge in [0.1, 0.15) is 0 Å². The van der Waals surface area contributed by atoms with Crippen LogP contribution < -0.4 is 5.32 Å². The summed E-state index contributed by atoms with van der Waals surface area (Å²) in [6.45, 7) is 9.91. The Bertz CT molecular complexity index is 459. The molecule has 0 radical (unpaired) electrons. The highest BCUT2D eigenvalue weighted by atomic mass is 15.3. The van der Waals surface area contributed by atoms with Crippen molar-refractivity contribution < 1.29 is 0 Å². The second-order valence-corrected chi connectivity index (χ2v) is 6.67. The van der Waals surface area contributed by atoms with Crippen LogP contribution in [0.15, 0.2) is 11.8 Å². The van der Waals surface area contributed by atoms with Gasteiger partial charge in [0.15, 0.2) is 0 Å². The van der Waals surface area contributed by atoms with Crippen LogP contribution in [0.4, 0.5) is 0 Å². The van der Waals surface area contributed by atoms with Gasteiger partial charge in [0.2, 0.25) is 0 Å².